The van der Waals surface area contributed by atoms with Crippen LogP contribution in [-0.2, 0) is 24.2 Å². The second-order valence-electron chi connectivity index (χ2n) is 7.27. The summed E-state index contributed by atoms with van der Waals surface area (Å²) in [7, 11) is 1.51. The second-order valence-corrected chi connectivity index (χ2v) is 8.34. The number of methoxy groups -OCH3 is 1. The Morgan fingerprint density at radius 2 is 1.97 bits per heavy atom. The molecule has 0 unspecified atom stereocenters. The van der Waals surface area contributed by atoms with Gasteiger partial charge < -0.3 is 9.47 Å². The number of carbonyl (C=O) groups is 1. The first-order valence-corrected chi connectivity index (χ1v) is 11.0. The Bertz CT molecular complexity index is 1080. The van der Waals surface area contributed by atoms with Crippen molar-refractivity contribution >= 4 is 28.1 Å². The highest BCUT2D eigenvalue weighted by molar-refractivity contribution is 7.15. The van der Waals surface area contributed by atoms with Crippen molar-refractivity contribution in [1.82, 2.24) is 4.98 Å². The number of aryl methyl sites for hydroxylation is 2. The molecule has 0 saturated heterocycles. The molecule has 0 saturated carbocycles. The van der Waals surface area contributed by atoms with Gasteiger partial charge in [-0.1, -0.05) is 36.4 Å². The third kappa shape index (κ3) is 4.86. The molecule has 1 heterocycles. The maximum atomic E-state index is 13.2. The van der Waals surface area contributed by atoms with Gasteiger partial charge in [-0.05, 0) is 43.4 Å². The van der Waals surface area contributed by atoms with Crippen molar-refractivity contribution in [2.75, 3.05) is 18.6 Å². The smallest absolute Gasteiger partial charge is 0.267 e. The molecular formula is C24H23N3O3S. The van der Waals surface area contributed by atoms with Gasteiger partial charge in [0.1, 0.15) is 5.75 Å². The highest BCUT2D eigenvalue weighted by Gasteiger charge is 2.24. The van der Waals surface area contributed by atoms with E-state index >= 15 is 0 Å². The SMILES string of the molecule is [C-]#[N+]c1ccc(OCC(=O)N(Cc2ccccc2)c2nc3c(s2)CCCC3)c(OC)c1. The quantitative estimate of drug-likeness (QED) is 0.481. The first-order valence-electron chi connectivity index (χ1n) is 10.2. The van der Waals surface area contributed by atoms with E-state index in [1.165, 1.54) is 18.4 Å². The summed E-state index contributed by atoms with van der Waals surface area (Å²) in [4.78, 5) is 24.4. The number of anilines is 1. The Kier molecular flexibility index (Phi) is 6.48. The highest BCUT2D eigenvalue weighted by Crippen LogP contribution is 2.34. The molecule has 158 valence electrons. The molecule has 1 aromatic heterocycles. The molecule has 2 aromatic carbocycles. The van der Waals surface area contributed by atoms with Gasteiger partial charge in [0, 0.05) is 4.88 Å². The molecule has 0 aliphatic heterocycles. The lowest BCUT2D eigenvalue weighted by atomic mass is 10.0. The van der Waals surface area contributed by atoms with E-state index in [2.05, 4.69) is 4.85 Å². The van der Waals surface area contributed by atoms with Gasteiger partial charge in [-0.3, -0.25) is 9.69 Å². The Hall–Kier alpha value is -3.37. The lowest BCUT2D eigenvalue weighted by Gasteiger charge is -2.21. The third-order valence-electron chi connectivity index (χ3n) is 5.18. The monoisotopic (exact) mass is 433 g/mol. The molecule has 1 aliphatic carbocycles. The summed E-state index contributed by atoms with van der Waals surface area (Å²) >= 11 is 1.61. The highest BCUT2D eigenvalue weighted by atomic mass is 32.1. The van der Waals surface area contributed by atoms with E-state index in [4.69, 9.17) is 21.0 Å². The van der Waals surface area contributed by atoms with Gasteiger partial charge in [-0.2, -0.15) is 0 Å². The largest absolute Gasteiger partial charge is 0.494 e. The molecule has 0 fully saturated rings. The molecule has 4 rings (SSSR count). The zero-order valence-electron chi connectivity index (χ0n) is 17.3. The molecule has 7 heteroatoms. The lowest BCUT2D eigenvalue weighted by Crippen LogP contribution is -2.34. The van der Waals surface area contributed by atoms with E-state index in [0.29, 0.717) is 23.7 Å². The van der Waals surface area contributed by atoms with E-state index in [9.17, 15) is 4.79 Å². The number of fused-ring (bicyclic) bond motifs is 1. The fraction of sp³-hybridized carbons (Fsp3) is 0.292. The van der Waals surface area contributed by atoms with Crippen LogP contribution in [0.5, 0.6) is 11.5 Å². The number of benzene rings is 2. The number of thiazole rings is 1. The van der Waals surface area contributed by atoms with Crippen molar-refractivity contribution in [2.45, 2.75) is 32.2 Å². The van der Waals surface area contributed by atoms with Crippen LogP contribution in [-0.4, -0.2) is 24.6 Å². The maximum absolute atomic E-state index is 13.2. The Morgan fingerprint density at radius 3 is 2.71 bits per heavy atom. The van der Waals surface area contributed by atoms with E-state index in [0.717, 1.165) is 35.7 Å². The summed E-state index contributed by atoms with van der Waals surface area (Å²) in [5.41, 5.74) is 2.60. The molecule has 0 radical (unpaired) electrons. The Balaban J connectivity index is 1.55. The topological polar surface area (TPSA) is 56.0 Å². The lowest BCUT2D eigenvalue weighted by molar-refractivity contribution is -0.120. The van der Waals surface area contributed by atoms with E-state index in [1.54, 1.807) is 34.4 Å². The van der Waals surface area contributed by atoms with E-state index in [-0.39, 0.29) is 12.5 Å². The fourth-order valence-electron chi connectivity index (χ4n) is 3.54. The zero-order chi connectivity index (χ0) is 21.6. The van der Waals surface area contributed by atoms with Crippen LogP contribution in [0, 0.1) is 6.57 Å². The number of hydrogen-bond donors (Lipinski definition) is 0. The van der Waals surface area contributed by atoms with Crippen LogP contribution < -0.4 is 14.4 Å². The average molecular weight is 434 g/mol. The predicted molar refractivity (Wildman–Crippen MR) is 121 cm³/mol. The van der Waals surface area contributed by atoms with Gasteiger partial charge in [-0.15, -0.1) is 11.3 Å². The molecule has 1 amide bonds. The average Bonchev–Trinajstić information content (AvgIpc) is 3.25. The van der Waals surface area contributed by atoms with Crippen molar-refractivity contribution < 1.29 is 14.3 Å². The van der Waals surface area contributed by atoms with Gasteiger partial charge in [0.2, 0.25) is 0 Å². The van der Waals surface area contributed by atoms with Crippen molar-refractivity contribution in [3.05, 3.63) is 76.1 Å². The minimum atomic E-state index is -0.175. The van der Waals surface area contributed by atoms with Crippen LogP contribution in [0.25, 0.3) is 4.85 Å². The van der Waals surface area contributed by atoms with Crippen LogP contribution >= 0.6 is 11.3 Å². The molecule has 0 N–H and O–H groups in total. The number of nitrogens with zero attached hydrogens (tertiary/aromatic N) is 3. The summed E-state index contributed by atoms with van der Waals surface area (Å²) < 4.78 is 11.1. The van der Waals surface area contributed by atoms with Crippen LogP contribution in [0.15, 0.2) is 48.5 Å². The molecular weight excluding hydrogens is 410 g/mol. The van der Waals surface area contributed by atoms with Crippen LogP contribution in [0.2, 0.25) is 0 Å². The standard InChI is InChI=1S/C24H23N3O3S/c1-25-18-12-13-20(21(14-18)29-2)30-16-23(28)27(15-17-8-4-3-5-9-17)24-26-19-10-6-7-11-22(19)31-24/h3-5,8-9,12-14H,6-7,10-11,15-16H2,2H3. The van der Waals surface area contributed by atoms with Gasteiger partial charge in [-0.25, -0.2) is 9.83 Å². The summed E-state index contributed by atoms with van der Waals surface area (Å²) in [6.45, 7) is 7.42. The molecule has 1 aliphatic rings. The number of hydrogen-bond acceptors (Lipinski definition) is 5. The summed E-state index contributed by atoms with van der Waals surface area (Å²) in [5.74, 6) is 0.688. The first-order chi connectivity index (χ1) is 15.2. The van der Waals surface area contributed by atoms with Gasteiger partial charge in [0.05, 0.1) is 25.9 Å². The fourth-order valence-corrected chi connectivity index (χ4v) is 4.71. The predicted octanol–water partition coefficient (Wildman–Crippen LogP) is 5.19. The minimum Gasteiger partial charge on any atom is -0.494 e. The van der Waals surface area contributed by atoms with E-state index in [1.807, 2.05) is 30.3 Å². The third-order valence-corrected chi connectivity index (χ3v) is 6.36. The van der Waals surface area contributed by atoms with Crippen molar-refractivity contribution in [2.24, 2.45) is 0 Å². The molecule has 31 heavy (non-hydrogen) atoms. The minimum absolute atomic E-state index is 0.148. The van der Waals surface area contributed by atoms with Crippen molar-refractivity contribution in [3.63, 3.8) is 0 Å². The Labute approximate surface area is 185 Å². The molecule has 3 aromatic rings. The van der Waals surface area contributed by atoms with Crippen LogP contribution in [0.1, 0.15) is 29.0 Å². The van der Waals surface area contributed by atoms with Gasteiger partial charge in [0.15, 0.2) is 23.2 Å². The summed E-state index contributed by atoms with van der Waals surface area (Å²) in [5, 5.41) is 0.722. The van der Waals surface area contributed by atoms with Gasteiger partial charge in [0.25, 0.3) is 5.91 Å². The first kappa shape index (κ1) is 20.9. The molecule has 0 bridgehead atoms. The molecule has 0 spiro atoms. The molecule has 0 atom stereocenters. The summed E-state index contributed by atoms with van der Waals surface area (Å²) in [6, 6.07) is 14.8. The molecule has 6 nitrogen and oxygen atoms in total. The number of rotatable bonds is 7. The normalized spacial score (nSPS) is 12.5. The number of amides is 1. The van der Waals surface area contributed by atoms with Crippen LogP contribution in [0.4, 0.5) is 10.8 Å². The van der Waals surface area contributed by atoms with Crippen molar-refractivity contribution in [1.29, 1.82) is 0 Å². The number of carbonyl (C=O) groups excluding carboxylic acids is 1. The second kappa shape index (κ2) is 9.63. The van der Waals surface area contributed by atoms with Gasteiger partial charge >= 0.3 is 0 Å². The number of aromatic nitrogens is 1. The number of ether oxygens (including phenoxy) is 2. The Morgan fingerprint density at radius 1 is 1.16 bits per heavy atom. The zero-order valence-corrected chi connectivity index (χ0v) is 18.2. The maximum Gasteiger partial charge on any atom is 0.267 e. The van der Waals surface area contributed by atoms with E-state index < -0.39 is 0 Å². The van der Waals surface area contributed by atoms with Crippen LogP contribution in [0.3, 0.4) is 0 Å². The summed E-state index contributed by atoms with van der Waals surface area (Å²) in [6.07, 6.45) is 4.32. The van der Waals surface area contributed by atoms with Crippen molar-refractivity contribution in [3.8, 4) is 11.5 Å².